The highest BCUT2D eigenvalue weighted by atomic mass is 35.5. The van der Waals surface area contributed by atoms with Crippen LogP contribution >= 0.6 is 11.6 Å². The number of nitrogens with one attached hydrogen (secondary N) is 2. The fourth-order valence-electron chi connectivity index (χ4n) is 3.83. The van der Waals surface area contributed by atoms with Gasteiger partial charge in [-0.15, -0.1) is 0 Å². The first kappa shape index (κ1) is 17.5. The summed E-state index contributed by atoms with van der Waals surface area (Å²) in [5.74, 6) is 0.417. The lowest BCUT2D eigenvalue weighted by Crippen LogP contribution is -2.22. The molecule has 3 aromatic rings. The first-order valence-electron chi connectivity index (χ1n) is 9.48. The van der Waals surface area contributed by atoms with Crippen LogP contribution in [-0.2, 0) is 6.54 Å². The summed E-state index contributed by atoms with van der Waals surface area (Å²) in [6.45, 7) is 6.04. The number of hydrogen-bond donors (Lipinski definition) is 2. The van der Waals surface area contributed by atoms with Crippen LogP contribution in [0, 0.1) is 0 Å². The molecule has 1 aromatic carbocycles. The van der Waals surface area contributed by atoms with E-state index in [0.29, 0.717) is 40.6 Å². The van der Waals surface area contributed by atoms with E-state index in [1.54, 1.807) is 17.0 Å². The van der Waals surface area contributed by atoms with Gasteiger partial charge in [0.25, 0.3) is 11.5 Å². The molecule has 3 aliphatic rings. The van der Waals surface area contributed by atoms with Crippen LogP contribution < -0.4 is 5.56 Å². The molecule has 0 aliphatic carbocycles. The standard InChI is InChI=1S/C16H13ClN4O2.C4H7N/c1-2-21-7-8-5-11-12(6-9(8)16(21)23)20-14(19-11)13-10(17)3-4-18-15(13)22;1-2-5-3-4(1)5/h3-6H,2,7H2,1H3,(H,18,22)(H,19,20);4H,1-3H2. The lowest BCUT2D eigenvalue weighted by Gasteiger charge is -2.10. The van der Waals surface area contributed by atoms with Crippen molar-refractivity contribution in [1.82, 2.24) is 24.8 Å². The zero-order valence-corrected chi connectivity index (χ0v) is 16.2. The third-order valence-corrected chi connectivity index (χ3v) is 6.01. The number of pyridine rings is 1. The van der Waals surface area contributed by atoms with E-state index in [0.717, 1.165) is 17.1 Å². The number of carbonyl (C=O) groups is 1. The fraction of sp³-hybridized carbons (Fsp3) is 0.350. The molecule has 5 heterocycles. The highest BCUT2D eigenvalue weighted by Crippen LogP contribution is 2.31. The number of nitrogens with zero attached hydrogens (tertiary/aromatic N) is 3. The van der Waals surface area contributed by atoms with Crippen molar-refractivity contribution in [2.45, 2.75) is 25.9 Å². The van der Waals surface area contributed by atoms with E-state index in [4.69, 9.17) is 11.6 Å². The molecule has 0 bridgehead atoms. The van der Waals surface area contributed by atoms with Gasteiger partial charge in [0.05, 0.1) is 16.1 Å². The van der Waals surface area contributed by atoms with Crippen LogP contribution in [0.2, 0.25) is 5.02 Å². The number of H-pyrrole nitrogens is 2. The third-order valence-electron chi connectivity index (χ3n) is 5.69. The Morgan fingerprint density at radius 3 is 2.75 bits per heavy atom. The van der Waals surface area contributed by atoms with Gasteiger partial charge in [-0.2, -0.15) is 0 Å². The number of fused-ring (bicyclic) bond motifs is 3. The highest BCUT2D eigenvalue weighted by Gasteiger charge is 2.41. The van der Waals surface area contributed by atoms with Crippen molar-refractivity contribution in [2.75, 3.05) is 19.6 Å². The normalized spacial score (nSPS) is 21.6. The van der Waals surface area contributed by atoms with Crippen LogP contribution in [-0.4, -0.2) is 56.3 Å². The predicted molar refractivity (Wildman–Crippen MR) is 108 cm³/mol. The lowest BCUT2D eigenvalue weighted by atomic mass is 10.1. The van der Waals surface area contributed by atoms with E-state index >= 15 is 0 Å². The monoisotopic (exact) mass is 397 g/mol. The van der Waals surface area contributed by atoms with Crippen LogP contribution in [0.15, 0.2) is 29.2 Å². The van der Waals surface area contributed by atoms with Crippen molar-refractivity contribution in [3.05, 3.63) is 50.9 Å². The van der Waals surface area contributed by atoms with E-state index in [2.05, 4.69) is 19.9 Å². The molecule has 2 N–H and O–H groups in total. The second-order valence-electron chi connectivity index (χ2n) is 7.40. The molecular formula is C20H20ClN5O2. The minimum atomic E-state index is -0.308. The summed E-state index contributed by atoms with van der Waals surface area (Å²) in [5, 5.41) is 0.327. The van der Waals surface area contributed by atoms with Crippen LogP contribution in [0.5, 0.6) is 0 Å². The minimum Gasteiger partial charge on any atom is -0.338 e. The third kappa shape index (κ3) is 2.82. The molecule has 8 heteroatoms. The second kappa shape index (κ2) is 6.46. The number of benzene rings is 1. The van der Waals surface area contributed by atoms with Crippen molar-refractivity contribution in [2.24, 2.45) is 0 Å². The van der Waals surface area contributed by atoms with E-state index in [1.807, 2.05) is 13.0 Å². The largest absolute Gasteiger partial charge is 0.338 e. The summed E-state index contributed by atoms with van der Waals surface area (Å²) in [6.07, 6.45) is 2.98. The van der Waals surface area contributed by atoms with Gasteiger partial charge in [0.2, 0.25) is 0 Å². The van der Waals surface area contributed by atoms with Gasteiger partial charge in [0.15, 0.2) is 0 Å². The summed E-state index contributed by atoms with van der Waals surface area (Å²) < 4.78 is 0. The number of imidazole rings is 1. The van der Waals surface area contributed by atoms with Gasteiger partial charge in [0, 0.05) is 44.0 Å². The van der Waals surface area contributed by atoms with Crippen LogP contribution in [0.3, 0.4) is 0 Å². The molecule has 2 unspecified atom stereocenters. The number of amides is 1. The molecule has 2 saturated heterocycles. The van der Waals surface area contributed by atoms with Gasteiger partial charge in [-0.3, -0.25) is 14.5 Å². The van der Waals surface area contributed by atoms with Gasteiger partial charge < -0.3 is 14.9 Å². The average molecular weight is 398 g/mol. The maximum atomic E-state index is 12.3. The zero-order valence-electron chi connectivity index (χ0n) is 15.5. The Kier molecular flexibility index (Phi) is 4.03. The van der Waals surface area contributed by atoms with Gasteiger partial charge in [0.1, 0.15) is 11.4 Å². The Labute approximate surface area is 166 Å². The number of aromatic amines is 2. The number of hydrogen-bond acceptors (Lipinski definition) is 4. The molecule has 2 aromatic heterocycles. The molecular weight excluding hydrogens is 378 g/mol. The van der Waals surface area contributed by atoms with Crippen molar-refractivity contribution in [3.8, 4) is 11.4 Å². The molecule has 7 nitrogen and oxygen atoms in total. The Hall–Kier alpha value is -2.64. The summed E-state index contributed by atoms with van der Waals surface area (Å²) in [5.41, 5.74) is 3.05. The minimum absolute atomic E-state index is 0.0181. The topological polar surface area (TPSA) is 84.9 Å². The smallest absolute Gasteiger partial charge is 0.260 e. The van der Waals surface area contributed by atoms with Gasteiger partial charge in [-0.05, 0) is 37.1 Å². The second-order valence-corrected chi connectivity index (χ2v) is 7.81. The van der Waals surface area contributed by atoms with Crippen molar-refractivity contribution >= 4 is 28.5 Å². The fourth-order valence-corrected chi connectivity index (χ4v) is 4.07. The van der Waals surface area contributed by atoms with Gasteiger partial charge >= 0.3 is 0 Å². The summed E-state index contributed by atoms with van der Waals surface area (Å²) >= 11 is 6.11. The van der Waals surface area contributed by atoms with Crippen molar-refractivity contribution in [3.63, 3.8) is 0 Å². The Bertz CT molecular complexity index is 1140. The summed E-state index contributed by atoms with van der Waals surface area (Å²) in [7, 11) is 0. The number of rotatable bonds is 2. The Balaban J connectivity index is 0.000000291. The molecule has 28 heavy (non-hydrogen) atoms. The highest BCUT2D eigenvalue weighted by molar-refractivity contribution is 6.33. The van der Waals surface area contributed by atoms with Crippen molar-refractivity contribution < 1.29 is 4.79 Å². The quantitative estimate of drug-likeness (QED) is 0.651. The molecule has 0 spiro atoms. The molecule has 144 valence electrons. The van der Waals surface area contributed by atoms with Crippen LogP contribution in [0.4, 0.5) is 0 Å². The van der Waals surface area contributed by atoms with Crippen molar-refractivity contribution in [1.29, 1.82) is 0 Å². The first-order valence-corrected chi connectivity index (χ1v) is 9.86. The van der Waals surface area contributed by atoms with E-state index in [1.165, 1.54) is 25.7 Å². The molecule has 2 fully saturated rings. The lowest BCUT2D eigenvalue weighted by molar-refractivity contribution is 0.0787. The number of aromatic nitrogens is 3. The summed E-state index contributed by atoms with van der Waals surface area (Å²) in [6, 6.07) is 6.36. The first-order chi connectivity index (χ1) is 13.5. The molecule has 6 rings (SSSR count). The van der Waals surface area contributed by atoms with E-state index in [-0.39, 0.29) is 11.5 Å². The van der Waals surface area contributed by atoms with Crippen LogP contribution in [0.25, 0.3) is 22.4 Å². The Morgan fingerprint density at radius 2 is 2.14 bits per heavy atom. The van der Waals surface area contributed by atoms with E-state index < -0.39 is 0 Å². The molecule has 2 atom stereocenters. The molecule has 0 saturated carbocycles. The zero-order chi connectivity index (χ0) is 19.4. The predicted octanol–water partition coefficient (Wildman–Crippen LogP) is 2.62. The summed E-state index contributed by atoms with van der Waals surface area (Å²) in [4.78, 5) is 38.7. The van der Waals surface area contributed by atoms with Crippen LogP contribution in [0.1, 0.15) is 29.3 Å². The van der Waals surface area contributed by atoms with Gasteiger partial charge in [-0.1, -0.05) is 11.6 Å². The molecule has 3 aliphatic heterocycles. The number of halogens is 1. The maximum absolute atomic E-state index is 12.3. The molecule has 1 amide bonds. The maximum Gasteiger partial charge on any atom is 0.260 e. The SMILES string of the molecule is C1CN2CC12.CCN1Cc2cc3[nH]c(-c4c(Cl)cc[nH]c4=O)nc3cc2C1=O. The molecule has 0 radical (unpaired) electrons. The van der Waals surface area contributed by atoms with Gasteiger partial charge in [-0.25, -0.2) is 4.98 Å². The number of carbonyl (C=O) groups excluding carboxylic acids is 1. The van der Waals surface area contributed by atoms with E-state index in [9.17, 15) is 9.59 Å². The average Bonchev–Trinajstić information content (AvgIpc) is 2.98. The Morgan fingerprint density at radius 1 is 1.32 bits per heavy atom.